The topological polar surface area (TPSA) is 45.1 Å². The first kappa shape index (κ1) is 21.5. The van der Waals surface area contributed by atoms with Gasteiger partial charge in [-0.2, -0.15) is 0 Å². The molecule has 2 aromatic rings. The van der Waals surface area contributed by atoms with Crippen LogP contribution in [0.2, 0.25) is 10.0 Å². The van der Waals surface area contributed by atoms with Gasteiger partial charge in [-0.3, -0.25) is 4.90 Å². The SMILES string of the molecule is COC(=O)[C@@H]1CCN(C(C)(C)C)C(=Nc2ccc(Cl)cc2)N1c1ccc(Cl)cc1. The highest BCUT2D eigenvalue weighted by Crippen LogP contribution is 2.32. The van der Waals surface area contributed by atoms with E-state index in [-0.39, 0.29) is 11.5 Å². The fraction of sp³-hybridized carbons (Fsp3) is 0.364. The minimum atomic E-state index is -0.481. The van der Waals surface area contributed by atoms with E-state index in [0.29, 0.717) is 29.0 Å². The van der Waals surface area contributed by atoms with Crippen LogP contribution in [0.15, 0.2) is 53.5 Å². The van der Waals surface area contributed by atoms with Crippen LogP contribution in [0, 0.1) is 0 Å². The first-order valence-electron chi connectivity index (χ1n) is 9.45. The summed E-state index contributed by atoms with van der Waals surface area (Å²) in [6, 6.07) is 14.2. The Morgan fingerprint density at radius 3 is 2.10 bits per heavy atom. The number of methoxy groups -OCH3 is 1. The summed E-state index contributed by atoms with van der Waals surface area (Å²) < 4.78 is 5.10. The first-order valence-corrected chi connectivity index (χ1v) is 10.2. The number of nitrogens with zero attached hydrogens (tertiary/aromatic N) is 3. The number of ether oxygens (including phenoxy) is 1. The number of hydrogen-bond acceptors (Lipinski definition) is 3. The van der Waals surface area contributed by atoms with Crippen molar-refractivity contribution in [3.05, 3.63) is 58.6 Å². The molecule has 0 spiro atoms. The molecule has 0 aliphatic carbocycles. The van der Waals surface area contributed by atoms with E-state index in [1.165, 1.54) is 7.11 Å². The molecule has 5 nitrogen and oxygen atoms in total. The molecule has 1 aliphatic rings. The molecule has 0 radical (unpaired) electrons. The van der Waals surface area contributed by atoms with Gasteiger partial charge in [-0.25, -0.2) is 9.79 Å². The predicted molar refractivity (Wildman–Crippen MR) is 119 cm³/mol. The Morgan fingerprint density at radius 2 is 1.59 bits per heavy atom. The van der Waals surface area contributed by atoms with Crippen LogP contribution < -0.4 is 4.90 Å². The van der Waals surface area contributed by atoms with E-state index in [1.54, 1.807) is 24.3 Å². The summed E-state index contributed by atoms with van der Waals surface area (Å²) in [4.78, 5) is 21.7. The maximum Gasteiger partial charge on any atom is 0.329 e. The Kier molecular flexibility index (Phi) is 6.39. The van der Waals surface area contributed by atoms with E-state index in [4.69, 9.17) is 32.9 Å². The summed E-state index contributed by atoms with van der Waals surface area (Å²) in [6.45, 7) is 7.06. The average molecular weight is 434 g/mol. The second-order valence-corrected chi connectivity index (χ2v) is 8.76. The lowest BCUT2D eigenvalue weighted by atomic mass is 10.0. The Labute approximate surface area is 181 Å². The number of aliphatic imine (C=N–C) groups is 1. The number of esters is 1. The first-order chi connectivity index (χ1) is 13.7. The minimum Gasteiger partial charge on any atom is -0.467 e. The molecular weight excluding hydrogens is 409 g/mol. The van der Waals surface area contributed by atoms with Crippen LogP contribution >= 0.6 is 23.2 Å². The van der Waals surface area contributed by atoms with Gasteiger partial charge < -0.3 is 9.64 Å². The quantitative estimate of drug-likeness (QED) is 0.596. The van der Waals surface area contributed by atoms with Crippen LogP contribution in [0.25, 0.3) is 0 Å². The van der Waals surface area contributed by atoms with Gasteiger partial charge in [0.15, 0.2) is 0 Å². The monoisotopic (exact) mass is 433 g/mol. The Morgan fingerprint density at radius 1 is 1.03 bits per heavy atom. The van der Waals surface area contributed by atoms with Gasteiger partial charge in [-0.05, 0) is 75.7 Å². The summed E-state index contributed by atoms with van der Waals surface area (Å²) >= 11 is 12.1. The summed E-state index contributed by atoms with van der Waals surface area (Å²) in [5, 5.41) is 1.27. The van der Waals surface area contributed by atoms with Gasteiger partial charge in [-0.1, -0.05) is 23.2 Å². The summed E-state index contributed by atoms with van der Waals surface area (Å²) in [5.41, 5.74) is 1.38. The molecule has 2 aromatic carbocycles. The van der Waals surface area contributed by atoms with E-state index in [9.17, 15) is 4.79 Å². The summed E-state index contributed by atoms with van der Waals surface area (Å²) in [7, 11) is 1.41. The van der Waals surface area contributed by atoms with Crippen molar-refractivity contribution in [2.45, 2.75) is 38.8 Å². The highest BCUT2D eigenvalue weighted by molar-refractivity contribution is 6.31. The number of hydrogen-bond donors (Lipinski definition) is 0. The van der Waals surface area contributed by atoms with Crippen molar-refractivity contribution in [2.24, 2.45) is 4.99 Å². The van der Waals surface area contributed by atoms with Gasteiger partial charge in [0.2, 0.25) is 5.96 Å². The van der Waals surface area contributed by atoms with Crippen LogP contribution in [0.4, 0.5) is 11.4 Å². The molecule has 0 saturated carbocycles. The smallest absolute Gasteiger partial charge is 0.329 e. The molecule has 1 atom stereocenters. The van der Waals surface area contributed by atoms with E-state index in [1.807, 2.05) is 29.2 Å². The molecule has 0 amide bonds. The van der Waals surface area contributed by atoms with Gasteiger partial charge in [0, 0.05) is 27.8 Å². The zero-order valence-corrected chi connectivity index (χ0v) is 18.5. The molecule has 0 aromatic heterocycles. The minimum absolute atomic E-state index is 0.197. The lowest BCUT2D eigenvalue weighted by molar-refractivity contribution is -0.142. The molecule has 0 bridgehead atoms. The standard InChI is InChI=1S/C22H25Cl2N3O2/c1-22(2,3)26-14-13-19(20(28)29-4)27(18-11-7-16(24)8-12-18)21(26)25-17-9-5-15(23)6-10-17/h5-12,19H,13-14H2,1-4H3/t19-/m0/s1. The van der Waals surface area contributed by atoms with E-state index >= 15 is 0 Å². The number of guanidine groups is 1. The lowest BCUT2D eigenvalue weighted by Crippen LogP contribution is -2.62. The van der Waals surface area contributed by atoms with Crippen molar-refractivity contribution in [3.8, 4) is 0 Å². The highest BCUT2D eigenvalue weighted by atomic mass is 35.5. The molecule has 1 fully saturated rings. The number of anilines is 1. The zero-order chi connectivity index (χ0) is 21.2. The Hall–Kier alpha value is -2.24. The molecule has 0 N–H and O–H groups in total. The van der Waals surface area contributed by atoms with Crippen LogP contribution in [-0.4, -0.2) is 42.1 Å². The summed E-state index contributed by atoms with van der Waals surface area (Å²) in [6.07, 6.45) is 0.617. The van der Waals surface area contributed by atoms with Crippen molar-refractivity contribution in [1.29, 1.82) is 0 Å². The van der Waals surface area contributed by atoms with Crippen LogP contribution in [0.5, 0.6) is 0 Å². The molecule has 1 saturated heterocycles. The van der Waals surface area contributed by atoms with Crippen molar-refractivity contribution in [3.63, 3.8) is 0 Å². The Bertz CT molecular complexity index is 890. The molecule has 0 unspecified atom stereocenters. The molecule has 154 valence electrons. The molecule has 1 heterocycles. The number of carbonyl (C=O) groups excluding carboxylic acids is 1. The third kappa shape index (κ3) is 4.85. The number of carbonyl (C=O) groups is 1. The second-order valence-electron chi connectivity index (χ2n) is 7.88. The normalized spacial score (nSPS) is 18.8. The maximum atomic E-state index is 12.6. The van der Waals surface area contributed by atoms with Crippen LogP contribution in [0.3, 0.4) is 0 Å². The van der Waals surface area contributed by atoms with Crippen molar-refractivity contribution < 1.29 is 9.53 Å². The van der Waals surface area contributed by atoms with Gasteiger partial charge in [-0.15, -0.1) is 0 Å². The van der Waals surface area contributed by atoms with Crippen molar-refractivity contribution in [1.82, 2.24) is 4.90 Å². The predicted octanol–water partition coefficient (Wildman–Crippen LogP) is 5.53. The third-order valence-electron chi connectivity index (χ3n) is 4.84. The molecule has 1 aliphatic heterocycles. The summed E-state index contributed by atoms with van der Waals surface area (Å²) in [5.74, 6) is 0.390. The fourth-order valence-corrected chi connectivity index (χ4v) is 3.64. The van der Waals surface area contributed by atoms with Crippen LogP contribution in [-0.2, 0) is 9.53 Å². The zero-order valence-electron chi connectivity index (χ0n) is 17.0. The molecule has 7 heteroatoms. The van der Waals surface area contributed by atoms with Crippen LogP contribution in [0.1, 0.15) is 27.2 Å². The molecular formula is C22H25Cl2N3O2. The number of benzene rings is 2. The van der Waals surface area contributed by atoms with Gasteiger partial charge >= 0.3 is 5.97 Å². The average Bonchev–Trinajstić information content (AvgIpc) is 2.68. The maximum absolute atomic E-state index is 12.6. The van der Waals surface area contributed by atoms with Crippen molar-refractivity contribution >= 4 is 46.5 Å². The van der Waals surface area contributed by atoms with E-state index < -0.39 is 6.04 Å². The largest absolute Gasteiger partial charge is 0.467 e. The molecule has 3 rings (SSSR count). The highest BCUT2D eigenvalue weighted by Gasteiger charge is 2.41. The number of halogens is 2. The van der Waals surface area contributed by atoms with E-state index in [0.717, 1.165) is 11.4 Å². The second kappa shape index (κ2) is 8.64. The fourth-order valence-electron chi connectivity index (χ4n) is 3.39. The Balaban J connectivity index is 2.17. The van der Waals surface area contributed by atoms with E-state index in [2.05, 4.69) is 25.7 Å². The van der Waals surface area contributed by atoms with Gasteiger partial charge in [0.05, 0.1) is 12.8 Å². The van der Waals surface area contributed by atoms with Gasteiger partial charge in [0.1, 0.15) is 6.04 Å². The molecule has 29 heavy (non-hydrogen) atoms. The lowest BCUT2D eigenvalue weighted by Gasteiger charge is -2.48. The number of rotatable bonds is 3. The van der Waals surface area contributed by atoms with Crippen molar-refractivity contribution in [2.75, 3.05) is 18.6 Å². The third-order valence-corrected chi connectivity index (χ3v) is 5.34. The van der Waals surface area contributed by atoms with Gasteiger partial charge in [0.25, 0.3) is 0 Å².